The van der Waals surface area contributed by atoms with Gasteiger partial charge < -0.3 is 5.11 Å². The monoisotopic (exact) mass is 518 g/mol. The second-order valence-electron chi connectivity index (χ2n) is 11.5. The fourth-order valence-electron chi connectivity index (χ4n) is 7.36. The molecule has 2 aromatic carbocycles. The van der Waals surface area contributed by atoms with E-state index in [1.807, 2.05) is 36.4 Å². The van der Waals surface area contributed by atoms with Gasteiger partial charge in [-0.3, -0.25) is 14.4 Å². The molecule has 4 aliphatic carbocycles. The molecule has 4 nitrogen and oxygen atoms in total. The van der Waals surface area contributed by atoms with Crippen molar-refractivity contribution in [1.29, 1.82) is 0 Å². The van der Waals surface area contributed by atoms with Crippen LogP contribution in [-0.2, 0) is 14.4 Å². The first-order chi connectivity index (χ1) is 19.0. The number of aliphatic hydroxyl groups excluding tert-OH is 1. The number of Topliss-reactive ketones (excluding diaryl/α,β-unsaturated/α-hetero) is 3. The Kier molecular flexibility index (Phi) is 7.03. The predicted octanol–water partition coefficient (Wildman–Crippen LogP) is 6.97. The first-order valence-electron chi connectivity index (χ1n) is 14.2. The molecule has 0 saturated heterocycles. The van der Waals surface area contributed by atoms with Crippen LogP contribution in [0.4, 0.5) is 0 Å². The third kappa shape index (κ3) is 4.78. The molecule has 4 heteroatoms. The summed E-state index contributed by atoms with van der Waals surface area (Å²) in [5, 5.41) is 10.9. The van der Waals surface area contributed by atoms with Crippen molar-refractivity contribution >= 4 is 17.3 Å². The van der Waals surface area contributed by atoms with Crippen molar-refractivity contribution in [3.05, 3.63) is 119 Å². The molecule has 1 N–H and O–H groups in total. The molecule has 0 bridgehead atoms. The van der Waals surface area contributed by atoms with Gasteiger partial charge in [-0.25, -0.2) is 0 Å². The quantitative estimate of drug-likeness (QED) is 0.264. The Labute approximate surface area is 229 Å². The van der Waals surface area contributed by atoms with E-state index in [-0.39, 0.29) is 46.8 Å². The largest absolute Gasteiger partial charge is 0.511 e. The summed E-state index contributed by atoms with van der Waals surface area (Å²) in [4.78, 5) is 39.2. The van der Waals surface area contributed by atoms with Gasteiger partial charge in [-0.1, -0.05) is 78.9 Å². The SMILES string of the molecule is O=C1C(/C=C/C=C/C=C2\C(=O)C3CCC(c4ccccc4)CC3C2=O)=C(O)C2CC(c3ccccc3)CCC12. The van der Waals surface area contributed by atoms with E-state index in [0.717, 1.165) is 38.5 Å². The molecule has 6 atom stereocenters. The minimum Gasteiger partial charge on any atom is -0.511 e. The van der Waals surface area contributed by atoms with Crippen LogP contribution < -0.4 is 0 Å². The summed E-state index contributed by atoms with van der Waals surface area (Å²) in [6, 6.07) is 20.6. The molecular formula is C35H34O4. The molecule has 0 spiro atoms. The lowest BCUT2D eigenvalue weighted by Crippen LogP contribution is -2.26. The number of hydrogen-bond acceptors (Lipinski definition) is 4. The molecule has 198 valence electrons. The highest BCUT2D eigenvalue weighted by Gasteiger charge is 2.48. The molecule has 0 radical (unpaired) electrons. The third-order valence-electron chi connectivity index (χ3n) is 9.42. The maximum absolute atomic E-state index is 13.1. The minimum atomic E-state index is -0.229. The normalized spacial score (nSPS) is 32.0. The Morgan fingerprint density at radius 1 is 0.590 bits per heavy atom. The van der Waals surface area contributed by atoms with Gasteiger partial charge in [0, 0.05) is 23.7 Å². The highest BCUT2D eigenvalue weighted by molar-refractivity contribution is 6.27. The average molecular weight is 519 g/mol. The first-order valence-corrected chi connectivity index (χ1v) is 14.2. The smallest absolute Gasteiger partial charge is 0.170 e. The lowest BCUT2D eigenvalue weighted by atomic mass is 9.72. The number of carbonyl (C=O) groups excluding carboxylic acids is 3. The van der Waals surface area contributed by atoms with Crippen LogP contribution in [0, 0.1) is 23.7 Å². The zero-order valence-corrected chi connectivity index (χ0v) is 22.0. The highest BCUT2D eigenvalue weighted by Crippen LogP contribution is 2.48. The summed E-state index contributed by atoms with van der Waals surface area (Å²) in [5.74, 6) is 0.116. The maximum Gasteiger partial charge on any atom is 0.170 e. The summed E-state index contributed by atoms with van der Waals surface area (Å²) in [5.41, 5.74) is 3.19. The molecule has 39 heavy (non-hydrogen) atoms. The molecule has 6 rings (SSSR count). The van der Waals surface area contributed by atoms with Crippen LogP contribution in [0.2, 0.25) is 0 Å². The second-order valence-corrected chi connectivity index (χ2v) is 11.5. The van der Waals surface area contributed by atoms with Gasteiger partial charge >= 0.3 is 0 Å². The molecule has 0 aliphatic heterocycles. The van der Waals surface area contributed by atoms with Gasteiger partial charge in [0.25, 0.3) is 0 Å². The average Bonchev–Trinajstić information content (AvgIpc) is 3.37. The van der Waals surface area contributed by atoms with Crippen LogP contribution in [0.25, 0.3) is 0 Å². The van der Waals surface area contributed by atoms with E-state index >= 15 is 0 Å². The summed E-state index contributed by atoms with van der Waals surface area (Å²) in [6.45, 7) is 0. The molecule has 6 unspecified atom stereocenters. The van der Waals surface area contributed by atoms with Crippen LogP contribution in [0.15, 0.2) is 108 Å². The van der Waals surface area contributed by atoms with Gasteiger partial charge in [0.15, 0.2) is 17.3 Å². The molecular weight excluding hydrogens is 484 g/mol. The van der Waals surface area contributed by atoms with Crippen LogP contribution in [-0.4, -0.2) is 22.5 Å². The van der Waals surface area contributed by atoms with Gasteiger partial charge in [0.1, 0.15) is 5.76 Å². The molecule has 2 aromatic rings. The van der Waals surface area contributed by atoms with E-state index in [0.29, 0.717) is 23.0 Å². The number of carbonyl (C=O) groups is 3. The topological polar surface area (TPSA) is 71.4 Å². The van der Waals surface area contributed by atoms with Crippen molar-refractivity contribution in [2.24, 2.45) is 23.7 Å². The lowest BCUT2D eigenvalue weighted by molar-refractivity contribution is -0.121. The number of ketones is 3. The van der Waals surface area contributed by atoms with Gasteiger partial charge in [0.05, 0.1) is 11.1 Å². The number of fused-ring (bicyclic) bond motifs is 2. The van der Waals surface area contributed by atoms with Crippen molar-refractivity contribution in [2.75, 3.05) is 0 Å². The summed E-state index contributed by atoms with van der Waals surface area (Å²) < 4.78 is 0. The number of benzene rings is 2. The van der Waals surface area contributed by atoms with Crippen molar-refractivity contribution in [3.8, 4) is 0 Å². The highest BCUT2D eigenvalue weighted by atomic mass is 16.3. The summed E-state index contributed by atoms with van der Waals surface area (Å²) >= 11 is 0. The third-order valence-corrected chi connectivity index (χ3v) is 9.42. The molecule has 0 heterocycles. The Balaban J connectivity index is 1.11. The van der Waals surface area contributed by atoms with E-state index in [1.165, 1.54) is 11.1 Å². The minimum absolute atomic E-state index is 0.0187. The fourth-order valence-corrected chi connectivity index (χ4v) is 7.36. The zero-order valence-electron chi connectivity index (χ0n) is 22.0. The lowest BCUT2D eigenvalue weighted by Gasteiger charge is -2.31. The van der Waals surface area contributed by atoms with E-state index in [4.69, 9.17) is 0 Å². The number of hydrogen-bond donors (Lipinski definition) is 1. The van der Waals surface area contributed by atoms with E-state index < -0.39 is 0 Å². The van der Waals surface area contributed by atoms with Gasteiger partial charge in [-0.2, -0.15) is 0 Å². The molecule has 4 aliphatic rings. The molecule has 0 amide bonds. The number of allylic oxidation sites excluding steroid dienone is 8. The zero-order chi connectivity index (χ0) is 26.9. The maximum atomic E-state index is 13.1. The number of aliphatic hydroxyl groups is 1. The molecule has 3 fully saturated rings. The van der Waals surface area contributed by atoms with Crippen molar-refractivity contribution in [3.63, 3.8) is 0 Å². The van der Waals surface area contributed by atoms with Gasteiger partial charge in [-0.15, -0.1) is 0 Å². The van der Waals surface area contributed by atoms with E-state index in [1.54, 1.807) is 30.4 Å². The Morgan fingerprint density at radius 2 is 1.13 bits per heavy atom. The van der Waals surface area contributed by atoms with Crippen LogP contribution >= 0.6 is 0 Å². The van der Waals surface area contributed by atoms with Crippen molar-refractivity contribution in [2.45, 2.75) is 50.4 Å². The standard InChI is InChI=1S/C35H34O4/c36-32-26-18-16-24(22-10-4-1-5-11-22)20-30(26)34(38)28(32)14-8-3-9-15-29-33(37)27-19-17-25(21-31(27)35(29)39)23-12-6-2-7-13-23/h1-15,24-27,30-31,38H,16-21H2/b9-3+,14-8+,29-15+. The van der Waals surface area contributed by atoms with E-state index in [2.05, 4.69) is 24.3 Å². The Morgan fingerprint density at radius 3 is 1.74 bits per heavy atom. The van der Waals surface area contributed by atoms with E-state index in [9.17, 15) is 19.5 Å². The van der Waals surface area contributed by atoms with Gasteiger partial charge in [-0.05, 0) is 73.6 Å². The predicted molar refractivity (Wildman–Crippen MR) is 151 cm³/mol. The first kappa shape index (κ1) is 25.5. The van der Waals surface area contributed by atoms with Crippen LogP contribution in [0.5, 0.6) is 0 Å². The summed E-state index contributed by atoms with van der Waals surface area (Å²) in [6.07, 6.45) is 13.4. The fraction of sp³-hybridized carbons (Fsp3) is 0.343. The van der Waals surface area contributed by atoms with Crippen molar-refractivity contribution in [1.82, 2.24) is 0 Å². The van der Waals surface area contributed by atoms with Crippen LogP contribution in [0.3, 0.4) is 0 Å². The van der Waals surface area contributed by atoms with Crippen molar-refractivity contribution < 1.29 is 19.5 Å². The Hall–Kier alpha value is -3.79. The van der Waals surface area contributed by atoms with Gasteiger partial charge in [0.2, 0.25) is 0 Å². The second kappa shape index (κ2) is 10.8. The number of rotatable bonds is 5. The summed E-state index contributed by atoms with van der Waals surface area (Å²) in [7, 11) is 0. The Bertz CT molecular complexity index is 1390. The molecule has 3 saturated carbocycles. The molecule has 0 aromatic heterocycles. The van der Waals surface area contributed by atoms with Crippen LogP contribution in [0.1, 0.15) is 61.5 Å².